The Kier molecular flexibility index (Phi) is 5.93. The van der Waals surface area contributed by atoms with Gasteiger partial charge in [-0.3, -0.25) is 4.79 Å². The number of para-hydroxylation sites is 1. The second kappa shape index (κ2) is 9.04. The minimum Gasteiger partial charge on any atom is -0.312 e. The van der Waals surface area contributed by atoms with Crippen LogP contribution in [0.5, 0.6) is 0 Å². The summed E-state index contributed by atoms with van der Waals surface area (Å²) in [5, 5.41) is 14.5. The molecule has 0 fully saturated rings. The first-order chi connectivity index (χ1) is 16.5. The Bertz CT molecular complexity index is 1440. The summed E-state index contributed by atoms with van der Waals surface area (Å²) in [5.41, 5.74) is 6.97. The maximum absolute atomic E-state index is 13.7. The number of fused-ring (bicyclic) bond motifs is 2. The number of nitrogens with zero attached hydrogens (tertiary/aromatic N) is 2. The van der Waals surface area contributed by atoms with Crippen LogP contribution in [0.4, 0.5) is 5.00 Å². The molecule has 1 unspecified atom stereocenters. The van der Waals surface area contributed by atoms with Crippen molar-refractivity contribution in [1.82, 2.24) is 4.98 Å². The van der Waals surface area contributed by atoms with Crippen molar-refractivity contribution < 1.29 is 4.79 Å². The van der Waals surface area contributed by atoms with Crippen molar-refractivity contribution in [3.63, 3.8) is 0 Å². The van der Waals surface area contributed by atoms with Gasteiger partial charge in [-0.1, -0.05) is 61.4 Å². The van der Waals surface area contributed by atoms with Crippen LogP contribution in [-0.2, 0) is 12.8 Å². The zero-order chi connectivity index (χ0) is 23.8. The number of nitriles is 1. The van der Waals surface area contributed by atoms with E-state index in [2.05, 4.69) is 37.4 Å². The number of carbonyl (C=O) groups is 1. The summed E-state index contributed by atoms with van der Waals surface area (Å²) < 4.78 is 0. The van der Waals surface area contributed by atoms with Crippen molar-refractivity contribution in [3.05, 3.63) is 81.2 Å². The smallest absolute Gasteiger partial charge is 0.257 e. The summed E-state index contributed by atoms with van der Waals surface area (Å²) in [7, 11) is 0. The third-order valence-electron chi connectivity index (χ3n) is 6.97. The molecule has 5 heteroatoms. The number of thiophene rings is 1. The number of aryl methyl sites for hydroxylation is 1. The molecule has 1 N–H and O–H groups in total. The van der Waals surface area contributed by atoms with E-state index < -0.39 is 0 Å². The molecule has 0 bridgehead atoms. The number of aromatic nitrogens is 1. The van der Waals surface area contributed by atoms with Gasteiger partial charge >= 0.3 is 0 Å². The first kappa shape index (κ1) is 22.3. The van der Waals surface area contributed by atoms with Gasteiger partial charge in [-0.2, -0.15) is 5.26 Å². The van der Waals surface area contributed by atoms with E-state index in [9.17, 15) is 10.1 Å². The molecule has 0 spiro atoms. The quantitative estimate of drug-likeness (QED) is 0.346. The first-order valence-corrected chi connectivity index (χ1v) is 12.6. The maximum Gasteiger partial charge on any atom is 0.257 e. The SMILES string of the molecule is CCC1CCc2c(sc(NC(=O)c3c(C)c(-c4ccc(C)cc4)nc4ccccc34)c2C#N)C1. The van der Waals surface area contributed by atoms with E-state index in [0.29, 0.717) is 22.0 Å². The lowest BCUT2D eigenvalue weighted by Gasteiger charge is -2.20. The maximum atomic E-state index is 13.7. The van der Waals surface area contributed by atoms with Crippen LogP contribution < -0.4 is 5.32 Å². The van der Waals surface area contributed by atoms with Crippen LogP contribution in [0.25, 0.3) is 22.2 Å². The summed E-state index contributed by atoms with van der Waals surface area (Å²) in [5.74, 6) is 0.469. The summed E-state index contributed by atoms with van der Waals surface area (Å²) in [6, 6.07) is 18.3. The number of rotatable bonds is 4. The van der Waals surface area contributed by atoms with Crippen LogP contribution in [0, 0.1) is 31.1 Å². The fourth-order valence-corrected chi connectivity index (χ4v) is 6.27. The first-order valence-electron chi connectivity index (χ1n) is 11.8. The Balaban J connectivity index is 1.59. The molecule has 2 heterocycles. The molecule has 1 aliphatic carbocycles. The number of hydrogen-bond donors (Lipinski definition) is 1. The zero-order valence-corrected chi connectivity index (χ0v) is 20.6. The molecule has 4 aromatic rings. The molecule has 0 radical (unpaired) electrons. The van der Waals surface area contributed by atoms with Gasteiger partial charge in [0.1, 0.15) is 11.1 Å². The van der Waals surface area contributed by atoms with Crippen molar-refractivity contribution in [3.8, 4) is 17.3 Å². The fourth-order valence-electron chi connectivity index (χ4n) is 4.97. The van der Waals surface area contributed by atoms with Gasteiger partial charge in [-0.05, 0) is 56.2 Å². The molecule has 170 valence electrons. The molecule has 2 aromatic heterocycles. The number of nitrogens with one attached hydrogen (secondary N) is 1. The molecule has 0 aliphatic heterocycles. The second-order valence-electron chi connectivity index (χ2n) is 9.13. The van der Waals surface area contributed by atoms with Crippen LogP contribution in [0.2, 0.25) is 0 Å². The van der Waals surface area contributed by atoms with Gasteiger partial charge in [-0.25, -0.2) is 4.98 Å². The minimum absolute atomic E-state index is 0.188. The van der Waals surface area contributed by atoms with E-state index in [4.69, 9.17) is 4.98 Å². The molecule has 34 heavy (non-hydrogen) atoms. The average molecular weight is 466 g/mol. The van der Waals surface area contributed by atoms with E-state index in [1.54, 1.807) is 11.3 Å². The molecule has 0 saturated carbocycles. The van der Waals surface area contributed by atoms with Crippen LogP contribution in [0.3, 0.4) is 0 Å². The normalized spacial score (nSPS) is 15.1. The Labute approximate surface area is 204 Å². The number of amides is 1. The molecule has 5 rings (SSSR count). The third-order valence-corrected chi connectivity index (χ3v) is 8.14. The van der Waals surface area contributed by atoms with E-state index in [0.717, 1.165) is 59.0 Å². The molecule has 4 nitrogen and oxygen atoms in total. The number of anilines is 1. The van der Waals surface area contributed by atoms with E-state index in [1.165, 1.54) is 10.4 Å². The number of pyridine rings is 1. The number of benzene rings is 2. The standard InChI is InChI=1S/C29H27N3OS/c1-4-19-11-14-21-23(16-30)29(34-25(21)15-19)32-28(33)26-18(3)27(20-12-9-17(2)10-13-20)31-24-8-6-5-7-22(24)26/h5-10,12-13,19H,4,11,14-15H2,1-3H3,(H,32,33). The van der Waals surface area contributed by atoms with E-state index in [-0.39, 0.29) is 5.91 Å². The van der Waals surface area contributed by atoms with Crippen LogP contribution in [0.15, 0.2) is 48.5 Å². The minimum atomic E-state index is -0.188. The van der Waals surface area contributed by atoms with Gasteiger partial charge in [0.15, 0.2) is 0 Å². The molecule has 1 atom stereocenters. The molecule has 0 saturated heterocycles. The van der Waals surface area contributed by atoms with Gasteiger partial charge in [0.2, 0.25) is 0 Å². The van der Waals surface area contributed by atoms with Crippen molar-refractivity contribution in [2.75, 3.05) is 5.32 Å². The highest BCUT2D eigenvalue weighted by Crippen LogP contribution is 2.40. The Hall–Kier alpha value is -3.49. The van der Waals surface area contributed by atoms with E-state index >= 15 is 0 Å². The highest BCUT2D eigenvalue weighted by atomic mass is 32.1. The summed E-state index contributed by atoms with van der Waals surface area (Å²) >= 11 is 1.57. The van der Waals surface area contributed by atoms with Gasteiger partial charge in [0.25, 0.3) is 5.91 Å². The summed E-state index contributed by atoms with van der Waals surface area (Å²) in [4.78, 5) is 19.9. The van der Waals surface area contributed by atoms with Crippen molar-refractivity contribution in [2.45, 2.75) is 46.5 Å². The lowest BCUT2D eigenvalue weighted by Crippen LogP contribution is -2.15. The molecule has 1 amide bonds. The number of hydrogen-bond acceptors (Lipinski definition) is 4. The summed E-state index contributed by atoms with van der Waals surface area (Å²) in [6.45, 7) is 6.24. The predicted octanol–water partition coefficient (Wildman–Crippen LogP) is 7.22. The van der Waals surface area contributed by atoms with Gasteiger partial charge < -0.3 is 5.32 Å². The Morgan fingerprint density at radius 1 is 1.18 bits per heavy atom. The third kappa shape index (κ3) is 3.89. The van der Waals surface area contributed by atoms with E-state index in [1.807, 2.05) is 43.3 Å². The Morgan fingerprint density at radius 3 is 2.68 bits per heavy atom. The zero-order valence-electron chi connectivity index (χ0n) is 19.7. The average Bonchev–Trinajstić information content (AvgIpc) is 3.19. The number of carbonyl (C=O) groups excluding carboxylic acids is 1. The van der Waals surface area contributed by atoms with Crippen LogP contribution in [-0.4, -0.2) is 10.9 Å². The van der Waals surface area contributed by atoms with Crippen LogP contribution in [0.1, 0.15) is 57.3 Å². The molecular formula is C29H27N3OS. The van der Waals surface area contributed by atoms with Gasteiger partial charge in [-0.15, -0.1) is 11.3 Å². The fraction of sp³-hybridized carbons (Fsp3) is 0.276. The van der Waals surface area contributed by atoms with Crippen LogP contribution >= 0.6 is 11.3 Å². The summed E-state index contributed by atoms with van der Waals surface area (Å²) in [6.07, 6.45) is 4.16. The topological polar surface area (TPSA) is 65.8 Å². The highest BCUT2D eigenvalue weighted by Gasteiger charge is 2.27. The highest BCUT2D eigenvalue weighted by molar-refractivity contribution is 7.16. The van der Waals surface area contributed by atoms with Gasteiger partial charge in [0.05, 0.1) is 22.3 Å². The monoisotopic (exact) mass is 465 g/mol. The predicted molar refractivity (Wildman–Crippen MR) is 139 cm³/mol. The molecular weight excluding hydrogens is 438 g/mol. The van der Waals surface area contributed by atoms with Crippen molar-refractivity contribution in [1.29, 1.82) is 5.26 Å². The van der Waals surface area contributed by atoms with Crippen molar-refractivity contribution in [2.24, 2.45) is 5.92 Å². The van der Waals surface area contributed by atoms with Crippen molar-refractivity contribution >= 4 is 33.1 Å². The van der Waals surface area contributed by atoms with Gasteiger partial charge in [0, 0.05) is 15.8 Å². The lowest BCUT2D eigenvalue weighted by molar-refractivity contribution is 0.102. The lowest BCUT2D eigenvalue weighted by atomic mass is 9.86. The second-order valence-corrected chi connectivity index (χ2v) is 10.2. The molecule has 1 aliphatic rings. The molecule has 2 aromatic carbocycles. The Morgan fingerprint density at radius 2 is 1.94 bits per heavy atom. The largest absolute Gasteiger partial charge is 0.312 e.